The van der Waals surface area contributed by atoms with Gasteiger partial charge in [-0.15, -0.1) is 0 Å². The highest BCUT2D eigenvalue weighted by molar-refractivity contribution is 7.41. The van der Waals surface area contributed by atoms with Gasteiger partial charge in [-0.05, 0) is 12.0 Å². The molecule has 1 saturated heterocycles. The van der Waals surface area contributed by atoms with Gasteiger partial charge in [0.1, 0.15) is 5.52 Å². The first-order valence-electron chi connectivity index (χ1n) is 9.79. The number of rotatable bonds is 5. The van der Waals surface area contributed by atoms with Crippen molar-refractivity contribution in [2.45, 2.75) is 25.0 Å². The first-order valence-corrected chi connectivity index (χ1v) is 11.3. The molecule has 4 atom stereocenters. The quantitative estimate of drug-likeness (QED) is 0.348. The van der Waals surface area contributed by atoms with Gasteiger partial charge < -0.3 is 23.9 Å². The van der Waals surface area contributed by atoms with Crippen molar-refractivity contribution in [1.82, 2.24) is 19.5 Å². The maximum atomic E-state index is 6.13. The zero-order chi connectivity index (χ0) is 20.5. The predicted molar refractivity (Wildman–Crippen MR) is 115 cm³/mol. The van der Waals surface area contributed by atoms with E-state index < -0.39 is 8.60 Å². The number of benzene rings is 1. The molecule has 2 N–H and O–H groups in total. The largest absolute Gasteiger partial charge is 0.368 e. The van der Waals surface area contributed by atoms with Crippen molar-refractivity contribution in [3.63, 3.8) is 0 Å². The van der Waals surface area contributed by atoms with Crippen LogP contribution in [-0.4, -0.2) is 32.7 Å². The highest BCUT2D eigenvalue weighted by Crippen LogP contribution is 2.50. The van der Waals surface area contributed by atoms with E-state index in [4.69, 9.17) is 30.9 Å². The number of halogens is 1. The summed E-state index contributed by atoms with van der Waals surface area (Å²) in [6, 6.07) is 10.3. The van der Waals surface area contributed by atoms with Gasteiger partial charge in [0.2, 0.25) is 5.95 Å². The van der Waals surface area contributed by atoms with Crippen LogP contribution in [0.1, 0.15) is 30.6 Å². The second-order valence-electron chi connectivity index (χ2n) is 7.29. The third-order valence-electron chi connectivity index (χ3n) is 5.26. The van der Waals surface area contributed by atoms with E-state index in [9.17, 15) is 0 Å². The van der Waals surface area contributed by atoms with Crippen LogP contribution in [0.5, 0.6) is 0 Å². The maximum absolute atomic E-state index is 6.13. The van der Waals surface area contributed by atoms with Crippen LogP contribution >= 0.6 is 20.2 Å². The zero-order valence-corrected chi connectivity index (χ0v) is 17.7. The van der Waals surface area contributed by atoms with Crippen molar-refractivity contribution in [3.05, 3.63) is 59.5 Å². The highest BCUT2D eigenvalue weighted by Gasteiger charge is 2.29. The molecule has 0 amide bonds. The summed E-state index contributed by atoms with van der Waals surface area (Å²) in [4.78, 5) is 12.6. The Balaban J connectivity index is 1.19. The molecule has 156 valence electrons. The number of nitrogens with zero attached hydrogens (tertiary/aromatic N) is 4. The summed E-state index contributed by atoms with van der Waals surface area (Å²) in [6.07, 6.45) is 7.72. The highest BCUT2D eigenvalue weighted by atomic mass is 35.5. The number of hydrogen-bond acceptors (Lipinski definition) is 7. The monoisotopic (exact) mass is 445 g/mol. The van der Waals surface area contributed by atoms with Crippen LogP contribution in [0.4, 0.5) is 5.95 Å². The molecule has 1 unspecified atom stereocenters. The molecule has 3 heterocycles. The first kappa shape index (κ1) is 19.8. The topological polar surface area (TPSA) is 97.3 Å². The van der Waals surface area contributed by atoms with E-state index in [1.807, 2.05) is 22.8 Å². The van der Waals surface area contributed by atoms with Crippen LogP contribution in [0.3, 0.4) is 0 Å². The van der Waals surface area contributed by atoms with Gasteiger partial charge in [0, 0.05) is 12.3 Å². The summed E-state index contributed by atoms with van der Waals surface area (Å²) in [7, 11) is -1.35. The summed E-state index contributed by atoms with van der Waals surface area (Å²) < 4.78 is 19.7. The van der Waals surface area contributed by atoms with Gasteiger partial charge in [0.25, 0.3) is 0 Å². The number of allylic oxidation sites excluding steroid dienone is 1. The minimum atomic E-state index is -1.35. The minimum absolute atomic E-state index is 0.0186. The molecule has 2 aliphatic rings. The molecular formula is C20H21ClN5O3P. The number of nitrogen functional groups attached to an aromatic ring is 1. The summed E-state index contributed by atoms with van der Waals surface area (Å²) in [5.41, 5.74) is 8.10. The minimum Gasteiger partial charge on any atom is -0.368 e. The van der Waals surface area contributed by atoms with E-state index in [-0.39, 0.29) is 29.2 Å². The summed E-state index contributed by atoms with van der Waals surface area (Å²) in [5.74, 6) is 0.382. The second kappa shape index (κ2) is 8.57. The molecule has 0 bridgehead atoms. The first-order chi connectivity index (χ1) is 14.7. The van der Waals surface area contributed by atoms with E-state index in [0.717, 1.165) is 18.4 Å². The Kier molecular flexibility index (Phi) is 5.67. The number of nitrogens with two attached hydrogens (primary N) is 1. The number of aromatic nitrogens is 4. The maximum Gasteiger partial charge on any atom is 0.333 e. The lowest BCUT2D eigenvalue weighted by Gasteiger charge is -2.29. The van der Waals surface area contributed by atoms with E-state index in [2.05, 4.69) is 39.2 Å². The fourth-order valence-corrected chi connectivity index (χ4v) is 5.18. The van der Waals surface area contributed by atoms with Gasteiger partial charge in [-0.25, -0.2) is 4.98 Å². The third kappa shape index (κ3) is 4.06. The van der Waals surface area contributed by atoms with E-state index in [0.29, 0.717) is 24.4 Å². The smallest absolute Gasteiger partial charge is 0.333 e. The number of hydrogen-bond donors (Lipinski definition) is 1. The van der Waals surface area contributed by atoms with E-state index in [1.165, 1.54) is 0 Å². The molecule has 1 aliphatic heterocycles. The van der Waals surface area contributed by atoms with Gasteiger partial charge in [0.15, 0.2) is 10.8 Å². The average molecular weight is 446 g/mol. The van der Waals surface area contributed by atoms with Gasteiger partial charge in [-0.1, -0.05) is 54.1 Å². The van der Waals surface area contributed by atoms with Gasteiger partial charge in [-0.3, -0.25) is 0 Å². The van der Waals surface area contributed by atoms with Crippen molar-refractivity contribution in [1.29, 1.82) is 0 Å². The van der Waals surface area contributed by atoms with Crippen LogP contribution in [0, 0.1) is 5.92 Å². The summed E-state index contributed by atoms with van der Waals surface area (Å²) in [5, 5.41) is 0.264. The fourth-order valence-electron chi connectivity index (χ4n) is 3.76. The van der Waals surface area contributed by atoms with Crippen LogP contribution in [0.2, 0.25) is 5.15 Å². The van der Waals surface area contributed by atoms with E-state index >= 15 is 0 Å². The fraction of sp³-hybridized carbons (Fsp3) is 0.350. The number of anilines is 1. The van der Waals surface area contributed by atoms with Gasteiger partial charge >= 0.3 is 8.60 Å². The van der Waals surface area contributed by atoms with Gasteiger partial charge in [-0.2, -0.15) is 9.97 Å². The molecule has 0 spiro atoms. The Hall–Kier alpha value is -2.09. The van der Waals surface area contributed by atoms with E-state index in [1.54, 1.807) is 6.33 Å². The van der Waals surface area contributed by atoms with Crippen LogP contribution in [-0.2, 0) is 13.6 Å². The van der Waals surface area contributed by atoms with Crippen LogP contribution in [0.15, 0.2) is 48.8 Å². The van der Waals surface area contributed by atoms with Crippen molar-refractivity contribution < 1.29 is 13.6 Å². The lowest BCUT2D eigenvalue weighted by atomic mass is 10.1. The molecule has 5 rings (SSSR count). The molecule has 10 heteroatoms. The molecule has 1 aromatic carbocycles. The Labute approximate surface area is 180 Å². The Morgan fingerprint density at radius 2 is 2.10 bits per heavy atom. The predicted octanol–water partition coefficient (Wildman–Crippen LogP) is 4.60. The molecule has 1 aliphatic carbocycles. The molecule has 30 heavy (non-hydrogen) atoms. The zero-order valence-electron chi connectivity index (χ0n) is 16.1. The number of fused-ring (bicyclic) bond motifs is 1. The standard InChI is InChI=1S/C20H21ClN5O3P/c21-18-17-19(25-20(22)24-18)26(12-23-17)15-7-6-13(10-15)11-28-30-27-9-8-16(29-30)14-4-2-1-3-5-14/h1-7,12-13,15-16H,8-11H2,(H2,22,24,25)/t13-,15+,16+,30?/m1/s1. The third-order valence-corrected chi connectivity index (χ3v) is 6.70. The molecule has 1 fully saturated rings. The molecule has 0 radical (unpaired) electrons. The summed E-state index contributed by atoms with van der Waals surface area (Å²) >= 11 is 6.13. The average Bonchev–Trinajstić information content (AvgIpc) is 3.40. The lowest BCUT2D eigenvalue weighted by Crippen LogP contribution is -2.15. The Morgan fingerprint density at radius 3 is 2.97 bits per heavy atom. The van der Waals surface area contributed by atoms with Crippen LogP contribution < -0.4 is 5.73 Å². The second-order valence-corrected chi connectivity index (χ2v) is 8.82. The van der Waals surface area contributed by atoms with Crippen LogP contribution in [0.25, 0.3) is 11.2 Å². The van der Waals surface area contributed by atoms with Gasteiger partial charge in [0.05, 0.1) is 31.7 Å². The lowest BCUT2D eigenvalue weighted by molar-refractivity contribution is 0.0574. The molecule has 0 saturated carbocycles. The van der Waals surface area contributed by atoms with Crippen molar-refractivity contribution in [3.8, 4) is 0 Å². The Morgan fingerprint density at radius 1 is 1.23 bits per heavy atom. The summed E-state index contributed by atoms with van der Waals surface area (Å²) in [6.45, 7) is 1.17. The van der Waals surface area contributed by atoms with Crippen molar-refractivity contribution >= 4 is 37.3 Å². The Bertz CT molecular complexity index is 1060. The normalized spacial score (nSPS) is 26.4. The number of imidazole rings is 1. The molecule has 3 aromatic rings. The molecular weight excluding hydrogens is 425 g/mol. The molecule has 2 aromatic heterocycles. The van der Waals surface area contributed by atoms with Crippen molar-refractivity contribution in [2.75, 3.05) is 18.9 Å². The SMILES string of the molecule is Nc1nc(Cl)c2ncn([C@H]3C=C[C@@H](COP4OCC[C@@H](c5ccccc5)O4)C3)c2n1. The molecule has 8 nitrogen and oxygen atoms in total. The van der Waals surface area contributed by atoms with Crippen molar-refractivity contribution in [2.24, 2.45) is 5.92 Å².